The number of nitrogens with zero attached hydrogens (tertiary/aromatic N) is 2. The molecule has 2 saturated heterocycles. The summed E-state index contributed by atoms with van der Waals surface area (Å²) in [6.45, 7) is 9.00. The van der Waals surface area contributed by atoms with Gasteiger partial charge in [0.15, 0.2) is 5.96 Å². The number of hydrogen-bond donors (Lipinski definition) is 2. The van der Waals surface area contributed by atoms with Crippen LogP contribution >= 0.6 is 0 Å². The molecule has 0 spiro atoms. The lowest BCUT2D eigenvalue weighted by molar-refractivity contribution is 0.140. The Bertz CT molecular complexity index is 623. The summed E-state index contributed by atoms with van der Waals surface area (Å²) < 4.78 is 11.6. The SMILES string of the molecule is CN=C(NCCCCN1CCCC1)NCc1ccc(C)cc1OC1CCOC1. The zero-order chi connectivity index (χ0) is 19.6. The second-order valence-electron chi connectivity index (χ2n) is 7.82. The molecule has 6 heteroatoms. The van der Waals surface area contributed by atoms with Crippen molar-refractivity contribution in [3.8, 4) is 5.75 Å². The predicted molar refractivity (Wildman–Crippen MR) is 114 cm³/mol. The fraction of sp³-hybridized carbons (Fsp3) is 0.682. The van der Waals surface area contributed by atoms with E-state index in [0.29, 0.717) is 13.2 Å². The van der Waals surface area contributed by atoms with Gasteiger partial charge in [0.2, 0.25) is 0 Å². The molecule has 1 aromatic rings. The Morgan fingerprint density at radius 3 is 2.86 bits per heavy atom. The molecule has 2 heterocycles. The average molecular weight is 389 g/mol. The van der Waals surface area contributed by atoms with Gasteiger partial charge in [-0.25, -0.2) is 0 Å². The van der Waals surface area contributed by atoms with Gasteiger partial charge in [-0.3, -0.25) is 4.99 Å². The number of hydrogen-bond acceptors (Lipinski definition) is 4. The number of aryl methyl sites for hydroxylation is 1. The molecule has 28 heavy (non-hydrogen) atoms. The van der Waals surface area contributed by atoms with Gasteiger partial charge in [0.05, 0.1) is 13.2 Å². The maximum atomic E-state index is 6.19. The minimum absolute atomic E-state index is 0.161. The summed E-state index contributed by atoms with van der Waals surface area (Å²) in [6, 6.07) is 6.38. The molecular weight excluding hydrogens is 352 g/mol. The first-order valence-electron chi connectivity index (χ1n) is 10.8. The molecule has 2 aliphatic rings. The smallest absolute Gasteiger partial charge is 0.191 e. The number of guanidine groups is 1. The van der Waals surface area contributed by atoms with Crippen LogP contribution in [0.25, 0.3) is 0 Å². The molecular formula is C22H36N4O2. The van der Waals surface area contributed by atoms with Crippen LogP contribution in [0.1, 0.15) is 43.2 Å². The first-order valence-corrected chi connectivity index (χ1v) is 10.8. The van der Waals surface area contributed by atoms with Crippen molar-refractivity contribution in [2.24, 2.45) is 4.99 Å². The van der Waals surface area contributed by atoms with E-state index in [2.05, 4.69) is 45.6 Å². The molecule has 0 amide bonds. The van der Waals surface area contributed by atoms with E-state index in [1.54, 1.807) is 0 Å². The van der Waals surface area contributed by atoms with Crippen LogP contribution in [-0.4, -0.2) is 63.4 Å². The van der Waals surface area contributed by atoms with Crippen LogP contribution in [0.5, 0.6) is 5.75 Å². The van der Waals surface area contributed by atoms with Gasteiger partial charge >= 0.3 is 0 Å². The normalized spacial score (nSPS) is 20.5. The predicted octanol–water partition coefficient (Wildman–Crippen LogP) is 2.70. The van der Waals surface area contributed by atoms with E-state index in [9.17, 15) is 0 Å². The molecule has 0 radical (unpaired) electrons. The van der Waals surface area contributed by atoms with E-state index in [0.717, 1.165) is 43.3 Å². The molecule has 2 fully saturated rings. The van der Waals surface area contributed by atoms with Crippen LogP contribution in [0.15, 0.2) is 23.2 Å². The molecule has 0 aromatic heterocycles. The second-order valence-corrected chi connectivity index (χ2v) is 7.82. The fourth-order valence-electron chi connectivity index (χ4n) is 3.78. The molecule has 1 unspecified atom stereocenters. The molecule has 0 saturated carbocycles. The standard InChI is InChI=1S/C22H36N4O2/c1-18-7-8-19(21(15-18)28-20-9-14-27-17-20)16-25-22(23-2)24-10-3-4-11-26-12-5-6-13-26/h7-8,15,20H,3-6,9-14,16-17H2,1-2H3,(H2,23,24,25). The summed E-state index contributed by atoms with van der Waals surface area (Å²) in [5.74, 6) is 1.79. The molecule has 1 atom stereocenters. The van der Waals surface area contributed by atoms with Crippen molar-refractivity contribution in [2.45, 2.75) is 51.7 Å². The molecule has 1 aromatic carbocycles. The van der Waals surface area contributed by atoms with Crippen LogP contribution in [0.3, 0.4) is 0 Å². The topological polar surface area (TPSA) is 58.1 Å². The highest BCUT2D eigenvalue weighted by atomic mass is 16.5. The van der Waals surface area contributed by atoms with Gasteiger partial charge in [0, 0.05) is 32.1 Å². The fourth-order valence-corrected chi connectivity index (χ4v) is 3.78. The average Bonchev–Trinajstić information content (AvgIpc) is 3.39. The van der Waals surface area contributed by atoms with Crippen molar-refractivity contribution in [2.75, 3.05) is 46.4 Å². The zero-order valence-electron chi connectivity index (χ0n) is 17.5. The van der Waals surface area contributed by atoms with Crippen molar-refractivity contribution in [3.63, 3.8) is 0 Å². The van der Waals surface area contributed by atoms with Crippen molar-refractivity contribution in [1.29, 1.82) is 0 Å². The van der Waals surface area contributed by atoms with E-state index in [1.807, 2.05) is 7.05 Å². The lowest BCUT2D eigenvalue weighted by atomic mass is 10.1. The lowest BCUT2D eigenvalue weighted by Gasteiger charge is -2.18. The van der Waals surface area contributed by atoms with Gasteiger partial charge in [-0.15, -0.1) is 0 Å². The highest BCUT2D eigenvalue weighted by Crippen LogP contribution is 2.23. The van der Waals surface area contributed by atoms with Crippen LogP contribution in [-0.2, 0) is 11.3 Å². The summed E-state index contributed by atoms with van der Waals surface area (Å²) in [6.07, 6.45) is 6.26. The van der Waals surface area contributed by atoms with Gasteiger partial charge in [-0.2, -0.15) is 0 Å². The second kappa shape index (κ2) is 11.3. The molecule has 2 aliphatic heterocycles. The number of nitrogens with one attached hydrogen (secondary N) is 2. The Kier molecular flexibility index (Phi) is 8.42. The third-order valence-electron chi connectivity index (χ3n) is 5.47. The van der Waals surface area contributed by atoms with E-state index in [-0.39, 0.29) is 6.10 Å². The number of ether oxygens (including phenoxy) is 2. The number of unbranched alkanes of at least 4 members (excludes halogenated alkanes) is 1. The third kappa shape index (κ3) is 6.67. The Morgan fingerprint density at radius 1 is 1.25 bits per heavy atom. The molecule has 6 nitrogen and oxygen atoms in total. The summed E-state index contributed by atoms with van der Waals surface area (Å²) in [4.78, 5) is 6.92. The quantitative estimate of drug-likeness (QED) is 0.387. The highest BCUT2D eigenvalue weighted by Gasteiger charge is 2.18. The largest absolute Gasteiger partial charge is 0.488 e. The molecule has 156 valence electrons. The lowest BCUT2D eigenvalue weighted by Crippen LogP contribution is -2.37. The van der Waals surface area contributed by atoms with Gasteiger partial charge in [0.1, 0.15) is 11.9 Å². The van der Waals surface area contributed by atoms with E-state index >= 15 is 0 Å². The molecule has 2 N–H and O–H groups in total. The summed E-state index contributed by atoms with van der Waals surface area (Å²) in [5.41, 5.74) is 2.35. The van der Waals surface area contributed by atoms with Gasteiger partial charge in [0.25, 0.3) is 0 Å². The molecule has 0 bridgehead atoms. The minimum Gasteiger partial charge on any atom is -0.488 e. The van der Waals surface area contributed by atoms with E-state index in [1.165, 1.54) is 44.5 Å². The Balaban J connectivity index is 1.41. The first kappa shape index (κ1) is 20.9. The zero-order valence-corrected chi connectivity index (χ0v) is 17.5. The van der Waals surface area contributed by atoms with Crippen molar-refractivity contribution < 1.29 is 9.47 Å². The van der Waals surface area contributed by atoms with Gasteiger partial charge in [-0.1, -0.05) is 12.1 Å². The maximum absolute atomic E-state index is 6.19. The number of likely N-dealkylation sites (tertiary alicyclic amines) is 1. The highest BCUT2D eigenvalue weighted by molar-refractivity contribution is 5.79. The Hall–Kier alpha value is -1.79. The van der Waals surface area contributed by atoms with Crippen LogP contribution in [0.4, 0.5) is 0 Å². The van der Waals surface area contributed by atoms with E-state index < -0.39 is 0 Å². The maximum Gasteiger partial charge on any atom is 0.191 e. The minimum atomic E-state index is 0.161. The Labute approximate surface area is 169 Å². The number of rotatable bonds is 9. The van der Waals surface area contributed by atoms with Crippen molar-refractivity contribution in [3.05, 3.63) is 29.3 Å². The third-order valence-corrected chi connectivity index (χ3v) is 5.47. The summed E-state index contributed by atoms with van der Waals surface area (Å²) in [5, 5.41) is 6.85. The van der Waals surface area contributed by atoms with Crippen LogP contribution < -0.4 is 15.4 Å². The van der Waals surface area contributed by atoms with Gasteiger partial charge < -0.3 is 25.0 Å². The van der Waals surface area contributed by atoms with Gasteiger partial charge in [-0.05, 0) is 63.9 Å². The first-order chi connectivity index (χ1) is 13.7. The van der Waals surface area contributed by atoms with Crippen LogP contribution in [0, 0.1) is 6.92 Å². The molecule has 0 aliphatic carbocycles. The van der Waals surface area contributed by atoms with Crippen molar-refractivity contribution >= 4 is 5.96 Å². The van der Waals surface area contributed by atoms with Crippen molar-refractivity contribution in [1.82, 2.24) is 15.5 Å². The monoisotopic (exact) mass is 388 g/mol. The summed E-state index contributed by atoms with van der Waals surface area (Å²) in [7, 11) is 1.82. The summed E-state index contributed by atoms with van der Waals surface area (Å²) >= 11 is 0. The Morgan fingerprint density at radius 2 is 2.11 bits per heavy atom. The van der Waals surface area contributed by atoms with E-state index in [4.69, 9.17) is 9.47 Å². The molecule has 3 rings (SSSR count). The number of benzene rings is 1. The van der Waals surface area contributed by atoms with Crippen LogP contribution in [0.2, 0.25) is 0 Å². The number of aliphatic imine (C=N–C) groups is 1.